The van der Waals surface area contributed by atoms with E-state index in [1.807, 2.05) is 7.11 Å². The van der Waals surface area contributed by atoms with Crippen molar-refractivity contribution in [3.63, 3.8) is 0 Å². The molecule has 1 aromatic rings. The molecule has 1 fully saturated rings. The Labute approximate surface area is 123 Å². The number of nitrogens with two attached hydrogens (primary N) is 1. The van der Waals surface area contributed by atoms with Crippen LogP contribution in [0.3, 0.4) is 0 Å². The topological polar surface area (TPSA) is 38.5 Å². The predicted octanol–water partition coefficient (Wildman–Crippen LogP) is 2.72. The molecule has 1 saturated heterocycles. The highest BCUT2D eigenvalue weighted by Gasteiger charge is 2.22. The first-order chi connectivity index (χ1) is 9.51. The van der Waals surface area contributed by atoms with Crippen LogP contribution in [0.2, 0.25) is 0 Å². The average molecular weight is 276 g/mol. The summed E-state index contributed by atoms with van der Waals surface area (Å²) in [5.41, 5.74) is 11.7. The van der Waals surface area contributed by atoms with Gasteiger partial charge in [-0.3, -0.25) is 4.90 Å². The zero-order valence-electron chi connectivity index (χ0n) is 13.3. The molecule has 0 aromatic heterocycles. The minimum Gasteiger partial charge on any atom is -0.380 e. The van der Waals surface area contributed by atoms with Crippen molar-refractivity contribution in [2.24, 2.45) is 5.73 Å². The van der Waals surface area contributed by atoms with Crippen molar-refractivity contribution in [2.75, 3.05) is 26.7 Å². The maximum Gasteiger partial charge on any atom is 0.0698 e. The number of methoxy groups -OCH3 is 1. The lowest BCUT2D eigenvalue weighted by Gasteiger charge is -2.34. The van der Waals surface area contributed by atoms with Gasteiger partial charge in [-0.25, -0.2) is 0 Å². The molecule has 0 radical (unpaired) electrons. The molecule has 0 amide bonds. The Hall–Kier alpha value is -0.900. The first-order valence-corrected chi connectivity index (χ1v) is 7.59. The van der Waals surface area contributed by atoms with Crippen LogP contribution in [0.5, 0.6) is 0 Å². The van der Waals surface area contributed by atoms with Gasteiger partial charge in [0.15, 0.2) is 0 Å². The van der Waals surface area contributed by atoms with Gasteiger partial charge in [-0.05, 0) is 56.8 Å². The van der Waals surface area contributed by atoms with Crippen molar-refractivity contribution >= 4 is 0 Å². The summed E-state index contributed by atoms with van der Waals surface area (Å²) in [5.74, 6) is 0. The zero-order valence-corrected chi connectivity index (χ0v) is 13.3. The maximum atomic E-state index is 6.48. The van der Waals surface area contributed by atoms with Crippen molar-refractivity contribution in [1.29, 1.82) is 0 Å². The number of piperidine rings is 1. The normalized spacial score (nSPS) is 21.9. The molecule has 0 spiro atoms. The Bertz CT molecular complexity index is 435. The Morgan fingerprint density at radius 3 is 2.55 bits per heavy atom. The van der Waals surface area contributed by atoms with Crippen molar-refractivity contribution in [2.45, 2.75) is 45.8 Å². The molecule has 2 unspecified atom stereocenters. The number of aryl methyl sites for hydroxylation is 3. The Balaban J connectivity index is 2.06. The molecule has 1 aliphatic rings. The molecule has 1 heterocycles. The summed E-state index contributed by atoms with van der Waals surface area (Å²) in [5, 5.41) is 0. The van der Waals surface area contributed by atoms with Gasteiger partial charge in [0.25, 0.3) is 0 Å². The molecule has 2 atom stereocenters. The van der Waals surface area contributed by atoms with E-state index >= 15 is 0 Å². The van der Waals surface area contributed by atoms with Crippen molar-refractivity contribution in [1.82, 2.24) is 4.90 Å². The lowest BCUT2D eigenvalue weighted by Crippen LogP contribution is -2.42. The monoisotopic (exact) mass is 276 g/mol. The third kappa shape index (κ3) is 3.60. The second-order valence-electron chi connectivity index (χ2n) is 6.18. The summed E-state index contributed by atoms with van der Waals surface area (Å²) in [6.07, 6.45) is 2.75. The number of rotatable bonds is 4. The summed E-state index contributed by atoms with van der Waals surface area (Å²) in [4.78, 5) is 2.45. The van der Waals surface area contributed by atoms with Crippen molar-refractivity contribution < 1.29 is 4.74 Å². The summed E-state index contributed by atoms with van der Waals surface area (Å²) in [7, 11) is 1.81. The van der Waals surface area contributed by atoms with Crippen molar-refractivity contribution in [3.8, 4) is 0 Å². The molecule has 3 heteroatoms. The van der Waals surface area contributed by atoms with Gasteiger partial charge in [-0.15, -0.1) is 0 Å². The maximum absolute atomic E-state index is 6.48. The Morgan fingerprint density at radius 2 is 1.95 bits per heavy atom. The molecule has 2 N–H and O–H groups in total. The lowest BCUT2D eigenvalue weighted by atomic mass is 9.93. The molecule has 0 bridgehead atoms. The lowest BCUT2D eigenvalue weighted by molar-refractivity contribution is 0.0294. The summed E-state index contributed by atoms with van der Waals surface area (Å²) in [6, 6.07) is 4.55. The standard InChI is InChI=1S/C17H28N2O/c1-12-8-13(2)17(14(3)9-12)16(18)11-19-7-5-6-15(10-19)20-4/h8-9,15-16H,5-7,10-11,18H2,1-4H3. The van der Waals surface area contributed by atoms with E-state index in [1.165, 1.54) is 35.1 Å². The van der Waals surface area contributed by atoms with E-state index in [4.69, 9.17) is 10.5 Å². The molecule has 3 nitrogen and oxygen atoms in total. The number of hydrogen-bond donors (Lipinski definition) is 1. The second-order valence-corrected chi connectivity index (χ2v) is 6.18. The first kappa shape index (κ1) is 15.5. The molecular formula is C17H28N2O. The number of likely N-dealkylation sites (tertiary alicyclic amines) is 1. The summed E-state index contributed by atoms with van der Waals surface area (Å²) < 4.78 is 5.49. The summed E-state index contributed by atoms with van der Waals surface area (Å²) in [6.45, 7) is 9.55. The molecule has 20 heavy (non-hydrogen) atoms. The fourth-order valence-electron chi connectivity index (χ4n) is 3.52. The third-order valence-electron chi connectivity index (χ3n) is 4.36. The van der Waals surface area contributed by atoms with Crippen LogP contribution in [0.1, 0.15) is 41.1 Å². The Kier molecular flexibility index (Phi) is 5.19. The molecule has 2 rings (SSSR count). The Morgan fingerprint density at radius 1 is 1.30 bits per heavy atom. The van der Waals surface area contributed by atoms with Crippen molar-refractivity contribution in [3.05, 3.63) is 34.4 Å². The smallest absolute Gasteiger partial charge is 0.0698 e. The van der Waals surface area contributed by atoms with Gasteiger partial charge in [0.2, 0.25) is 0 Å². The molecule has 1 aromatic carbocycles. The SMILES string of the molecule is COC1CCCN(CC(N)c2c(C)cc(C)cc2C)C1. The van der Waals surface area contributed by atoms with Crippen LogP contribution in [-0.4, -0.2) is 37.7 Å². The highest BCUT2D eigenvalue weighted by atomic mass is 16.5. The fraction of sp³-hybridized carbons (Fsp3) is 0.647. The molecule has 1 aliphatic heterocycles. The first-order valence-electron chi connectivity index (χ1n) is 7.59. The van der Waals surface area contributed by atoms with Gasteiger partial charge < -0.3 is 10.5 Å². The van der Waals surface area contributed by atoms with E-state index in [-0.39, 0.29) is 6.04 Å². The fourth-order valence-corrected chi connectivity index (χ4v) is 3.52. The molecule has 112 valence electrons. The van der Waals surface area contributed by atoms with Crippen LogP contribution in [-0.2, 0) is 4.74 Å². The number of benzene rings is 1. The minimum absolute atomic E-state index is 0.0891. The van der Waals surface area contributed by atoms with E-state index in [2.05, 4.69) is 37.8 Å². The van der Waals surface area contributed by atoms with Gasteiger partial charge in [0, 0.05) is 26.2 Å². The van der Waals surface area contributed by atoms with Crippen LogP contribution in [0.4, 0.5) is 0 Å². The zero-order chi connectivity index (χ0) is 14.7. The van der Waals surface area contributed by atoms with E-state index in [1.54, 1.807) is 0 Å². The minimum atomic E-state index is 0.0891. The van der Waals surface area contributed by atoms with Gasteiger partial charge in [-0.2, -0.15) is 0 Å². The van der Waals surface area contributed by atoms with E-state index in [0.717, 1.165) is 19.6 Å². The largest absolute Gasteiger partial charge is 0.380 e. The number of ether oxygens (including phenoxy) is 1. The van der Waals surface area contributed by atoms with Gasteiger partial charge in [-0.1, -0.05) is 17.7 Å². The number of nitrogens with zero attached hydrogens (tertiary/aromatic N) is 1. The van der Waals surface area contributed by atoms with E-state index in [0.29, 0.717) is 6.10 Å². The highest BCUT2D eigenvalue weighted by Crippen LogP contribution is 2.24. The molecule has 0 aliphatic carbocycles. The highest BCUT2D eigenvalue weighted by molar-refractivity contribution is 5.39. The van der Waals surface area contributed by atoms with Crippen LogP contribution < -0.4 is 5.73 Å². The predicted molar refractivity (Wildman–Crippen MR) is 84.1 cm³/mol. The quantitative estimate of drug-likeness (QED) is 0.919. The average Bonchev–Trinajstić information content (AvgIpc) is 2.37. The second kappa shape index (κ2) is 6.70. The summed E-state index contributed by atoms with van der Waals surface area (Å²) >= 11 is 0. The van der Waals surface area contributed by atoms with Crippen LogP contribution >= 0.6 is 0 Å². The van der Waals surface area contributed by atoms with Crippen LogP contribution in [0.15, 0.2) is 12.1 Å². The van der Waals surface area contributed by atoms with Gasteiger partial charge in [0.1, 0.15) is 0 Å². The third-order valence-corrected chi connectivity index (χ3v) is 4.36. The van der Waals surface area contributed by atoms with Crippen LogP contribution in [0, 0.1) is 20.8 Å². The molecule has 0 saturated carbocycles. The van der Waals surface area contributed by atoms with Gasteiger partial charge in [0.05, 0.1) is 6.10 Å². The molecular weight excluding hydrogens is 248 g/mol. The van der Waals surface area contributed by atoms with E-state index < -0.39 is 0 Å². The number of hydrogen-bond acceptors (Lipinski definition) is 3. The van der Waals surface area contributed by atoms with E-state index in [9.17, 15) is 0 Å². The van der Waals surface area contributed by atoms with Crippen LogP contribution in [0.25, 0.3) is 0 Å². The van der Waals surface area contributed by atoms with Gasteiger partial charge >= 0.3 is 0 Å².